The Hall–Kier alpha value is -2.18. The zero-order valence-electron chi connectivity index (χ0n) is 11.7. The van der Waals surface area contributed by atoms with Crippen LogP contribution in [-0.4, -0.2) is 21.3 Å². The number of anilines is 1. The van der Waals surface area contributed by atoms with Gasteiger partial charge in [0.25, 0.3) is 5.91 Å². The fourth-order valence-electron chi connectivity index (χ4n) is 2.01. The molecule has 0 saturated carbocycles. The first-order chi connectivity index (χ1) is 10.6. The summed E-state index contributed by atoms with van der Waals surface area (Å²) in [7, 11) is 0. The number of nitrogens with one attached hydrogen (secondary N) is 1. The molecule has 0 fully saturated rings. The minimum Gasteiger partial charge on any atom is -0.483 e. The van der Waals surface area contributed by atoms with Crippen molar-refractivity contribution in [2.24, 2.45) is 0 Å². The van der Waals surface area contributed by atoms with Crippen LogP contribution in [-0.2, 0) is 4.79 Å². The fraction of sp³-hybridized carbons (Fsp3) is 0.133. The molecule has 1 amide bonds. The van der Waals surface area contributed by atoms with E-state index in [-0.39, 0.29) is 12.5 Å². The Bertz CT molecular complexity index is 835. The standard InChI is InChI=1S/C15H12ClN3O2S/c1-9-7-10(16)5-6-13(9)21-8-14(20)17-11-3-2-4-12-15(11)19-22-18-12/h2-7H,8H2,1H3,(H,17,20). The first-order valence-electron chi connectivity index (χ1n) is 6.53. The molecular formula is C15H12ClN3O2S. The fourth-order valence-corrected chi connectivity index (χ4v) is 2.79. The SMILES string of the molecule is Cc1cc(Cl)ccc1OCC(=O)Nc1cccc2nsnc12. The van der Waals surface area contributed by atoms with Crippen molar-refractivity contribution in [3.8, 4) is 5.75 Å². The lowest BCUT2D eigenvalue weighted by Crippen LogP contribution is -2.20. The van der Waals surface area contributed by atoms with Crippen molar-refractivity contribution in [3.63, 3.8) is 0 Å². The quantitative estimate of drug-likeness (QED) is 0.791. The number of carbonyl (C=O) groups excluding carboxylic acids is 1. The molecule has 3 rings (SSSR count). The van der Waals surface area contributed by atoms with E-state index in [1.54, 1.807) is 24.3 Å². The molecule has 0 atom stereocenters. The molecule has 0 aliphatic heterocycles. The number of benzene rings is 2. The number of hydrogen-bond donors (Lipinski definition) is 1. The van der Waals surface area contributed by atoms with E-state index < -0.39 is 0 Å². The van der Waals surface area contributed by atoms with Gasteiger partial charge in [-0.3, -0.25) is 4.79 Å². The summed E-state index contributed by atoms with van der Waals surface area (Å²) in [5.41, 5.74) is 2.96. The molecular weight excluding hydrogens is 322 g/mol. The molecule has 0 unspecified atom stereocenters. The van der Waals surface area contributed by atoms with Crippen LogP contribution in [0.4, 0.5) is 5.69 Å². The Morgan fingerprint density at radius 1 is 1.32 bits per heavy atom. The summed E-state index contributed by atoms with van der Waals surface area (Å²) < 4.78 is 13.8. The number of ether oxygens (including phenoxy) is 1. The number of fused-ring (bicyclic) bond motifs is 1. The van der Waals surface area contributed by atoms with Gasteiger partial charge in [0.2, 0.25) is 0 Å². The average molecular weight is 334 g/mol. The molecule has 0 aliphatic carbocycles. The van der Waals surface area contributed by atoms with Gasteiger partial charge in [0, 0.05) is 5.02 Å². The van der Waals surface area contributed by atoms with Gasteiger partial charge in [-0.25, -0.2) is 0 Å². The summed E-state index contributed by atoms with van der Waals surface area (Å²) in [6.07, 6.45) is 0. The van der Waals surface area contributed by atoms with Crippen LogP contribution in [0.1, 0.15) is 5.56 Å². The number of halogens is 1. The number of nitrogens with zero attached hydrogens (tertiary/aromatic N) is 2. The molecule has 3 aromatic rings. The molecule has 0 bridgehead atoms. The van der Waals surface area contributed by atoms with E-state index in [1.165, 1.54) is 0 Å². The molecule has 112 valence electrons. The Morgan fingerprint density at radius 3 is 3.00 bits per heavy atom. The molecule has 22 heavy (non-hydrogen) atoms. The third-order valence-electron chi connectivity index (χ3n) is 3.06. The summed E-state index contributed by atoms with van der Waals surface area (Å²) in [6, 6.07) is 10.7. The van der Waals surface area contributed by atoms with Crippen molar-refractivity contribution < 1.29 is 9.53 Å². The minimum absolute atomic E-state index is 0.0869. The van der Waals surface area contributed by atoms with Crippen LogP contribution < -0.4 is 10.1 Å². The molecule has 1 heterocycles. The van der Waals surface area contributed by atoms with E-state index >= 15 is 0 Å². The van der Waals surface area contributed by atoms with Crippen molar-refractivity contribution in [2.75, 3.05) is 11.9 Å². The second-order valence-corrected chi connectivity index (χ2v) is 5.65. The lowest BCUT2D eigenvalue weighted by atomic mass is 10.2. The normalized spacial score (nSPS) is 10.6. The van der Waals surface area contributed by atoms with Crippen LogP contribution in [0.5, 0.6) is 5.75 Å². The first kappa shape index (κ1) is 14.7. The molecule has 1 aromatic heterocycles. The first-order valence-corrected chi connectivity index (χ1v) is 7.64. The van der Waals surface area contributed by atoms with Gasteiger partial charge in [0.15, 0.2) is 6.61 Å². The monoisotopic (exact) mass is 333 g/mol. The van der Waals surface area contributed by atoms with Gasteiger partial charge in [-0.1, -0.05) is 17.7 Å². The Balaban J connectivity index is 1.66. The average Bonchev–Trinajstić information content (AvgIpc) is 2.96. The van der Waals surface area contributed by atoms with Crippen molar-refractivity contribution in [2.45, 2.75) is 6.92 Å². The second-order valence-electron chi connectivity index (χ2n) is 4.68. The largest absolute Gasteiger partial charge is 0.483 e. The summed E-state index contributed by atoms with van der Waals surface area (Å²) in [6.45, 7) is 1.79. The molecule has 1 N–H and O–H groups in total. The van der Waals surface area contributed by atoms with Gasteiger partial charge in [-0.15, -0.1) is 0 Å². The molecule has 0 aliphatic rings. The second kappa shape index (κ2) is 6.29. The molecule has 0 spiro atoms. The van der Waals surface area contributed by atoms with E-state index in [0.29, 0.717) is 22.0 Å². The molecule has 0 radical (unpaired) electrons. The predicted molar refractivity (Wildman–Crippen MR) is 87.7 cm³/mol. The van der Waals surface area contributed by atoms with Crippen molar-refractivity contribution in [1.82, 2.24) is 8.75 Å². The van der Waals surface area contributed by atoms with Gasteiger partial charge in [-0.05, 0) is 42.8 Å². The van der Waals surface area contributed by atoms with Gasteiger partial charge in [0.05, 0.1) is 17.4 Å². The smallest absolute Gasteiger partial charge is 0.262 e. The number of aromatic nitrogens is 2. The maximum atomic E-state index is 12.0. The van der Waals surface area contributed by atoms with Crippen molar-refractivity contribution in [1.29, 1.82) is 0 Å². The third-order valence-corrected chi connectivity index (χ3v) is 3.83. The van der Waals surface area contributed by atoms with Crippen molar-refractivity contribution >= 4 is 46.0 Å². The van der Waals surface area contributed by atoms with E-state index in [0.717, 1.165) is 22.8 Å². The summed E-state index contributed by atoms with van der Waals surface area (Å²) in [5.74, 6) is 0.378. The Labute approximate surface area is 136 Å². The van der Waals surface area contributed by atoms with Crippen LogP contribution in [0, 0.1) is 6.92 Å². The number of hydrogen-bond acceptors (Lipinski definition) is 5. The van der Waals surface area contributed by atoms with Gasteiger partial charge in [-0.2, -0.15) is 8.75 Å². The molecule has 0 saturated heterocycles. The van der Waals surface area contributed by atoms with E-state index in [9.17, 15) is 4.79 Å². The Kier molecular flexibility index (Phi) is 4.22. The zero-order chi connectivity index (χ0) is 15.5. The van der Waals surface area contributed by atoms with E-state index in [4.69, 9.17) is 16.3 Å². The minimum atomic E-state index is -0.255. The number of rotatable bonds is 4. The highest BCUT2D eigenvalue weighted by Gasteiger charge is 2.10. The van der Waals surface area contributed by atoms with Crippen LogP contribution in [0.25, 0.3) is 11.0 Å². The van der Waals surface area contributed by atoms with Crippen LogP contribution in [0.2, 0.25) is 5.02 Å². The highest BCUT2D eigenvalue weighted by molar-refractivity contribution is 7.00. The summed E-state index contributed by atoms with van der Waals surface area (Å²) in [4.78, 5) is 12.0. The van der Waals surface area contributed by atoms with E-state index in [2.05, 4.69) is 14.1 Å². The lowest BCUT2D eigenvalue weighted by molar-refractivity contribution is -0.118. The van der Waals surface area contributed by atoms with E-state index in [1.807, 2.05) is 19.1 Å². The van der Waals surface area contributed by atoms with Crippen molar-refractivity contribution in [3.05, 3.63) is 47.0 Å². The van der Waals surface area contributed by atoms with Crippen LogP contribution in [0.15, 0.2) is 36.4 Å². The van der Waals surface area contributed by atoms with Crippen LogP contribution in [0.3, 0.4) is 0 Å². The Morgan fingerprint density at radius 2 is 2.18 bits per heavy atom. The summed E-state index contributed by atoms with van der Waals surface area (Å²) in [5, 5.41) is 3.42. The topological polar surface area (TPSA) is 64.1 Å². The summed E-state index contributed by atoms with van der Waals surface area (Å²) >= 11 is 7.00. The maximum Gasteiger partial charge on any atom is 0.262 e. The van der Waals surface area contributed by atoms with Gasteiger partial charge < -0.3 is 10.1 Å². The maximum absolute atomic E-state index is 12.0. The number of carbonyl (C=O) groups is 1. The van der Waals surface area contributed by atoms with Gasteiger partial charge >= 0.3 is 0 Å². The lowest BCUT2D eigenvalue weighted by Gasteiger charge is -2.10. The van der Waals surface area contributed by atoms with Gasteiger partial charge in [0.1, 0.15) is 16.8 Å². The third kappa shape index (κ3) is 3.18. The molecule has 5 nitrogen and oxygen atoms in total. The number of aryl methyl sites for hydroxylation is 1. The number of amides is 1. The molecule has 2 aromatic carbocycles. The molecule has 7 heteroatoms. The highest BCUT2D eigenvalue weighted by Crippen LogP contribution is 2.23. The van der Waals surface area contributed by atoms with Crippen LogP contribution >= 0.6 is 23.3 Å². The highest BCUT2D eigenvalue weighted by atomic mass is 35.5. The predicted octanol–water partition coefficient (Wildman–Crippen LogP) is 3.67. The zero-order valence-corrected chi connectivity index (χ0v) is 13.2.